The van der Waals surface area contributed by atoms with Gasteiger partial charge in [0.2, 0.25) is 0 Å². The van der Waals surface area contributed by atoms with E-state index >= 15 is 0 Å². The van der Waals surface area contributed by atoms with Crippen LogP contribution in [0.3, 0.4) is 0 Å². The number of hydrogen-bond acceptors (Lipinski definition) is 3. The van der Waals surface area contributed by atoms with Crippen LogP contribution < -0.4 is 4.74 Å². The second kappa shape index (κ2) is 3.97. The molecule has 0 aliphatic carbocycles. The summed E-state index contributed by atoms with van der Waals surface area (Å²) in [5.74, 6) is 0.00475. The predicted molar refractivity (Wildman–Crippen MR) is 44.3 cm³/mol. The smallest absolute Gasteiger partial charge is 0.356 e. The Morgan fingerprint density at radius 2 is 2.25 bits per heavy atom. The van der Waals surface area contributed by atoms with Crippen molar-refractivity contribution in [3.8, 4) is 5.75 Å². The molecule has 0 aliphatic rings. The van der Waals surface area contributed by atoms with Gasteiger partial charge in [0.05, 0.1) is 12.7 Å². The minimum absolute atomic E-state index is 0.365. The van der Waals surface area contributed by atoms with Crippen LogP contribution in [0.5, 0.6) is 5.75 Å². The Bertz CT molecular complexity index is 285. The second-order valence-corrected chi connectivity index (χ2v) is 2.25. The molecule has 0 spiro atoms. The summed E-state index contributed by atoms with van der Waals surface area (Å²) in [6.07, 6.45) is 0. The fourth-order valence-electron chi connectivity index (χ4n) is 0.795. The Hall–Kier alpha value is -1.22. The number of methoxy groups -OCH3 is 1. The van der Waals surface area contributed by atoms with Crippen molar-refractivity contribution < 1.29 is 13.8 Å². The maximum absolute atomic E-state index is 10.9. The Balaban J connectivity index is 2.93. The third-order valence-electron chi connectivity index (χ3n) is 1.38. The van der Waals surface area contributed by atoms with Gasteiger partial charge in [0.15, 0.2) is 0 Å². The van der Waals surface area contributed by atoms with Crippen LogP contribution in [0, 0.1) is 0 Å². The van der Waals surface area contributed by atoms with Crippen molar-refractivity contribution in [3.63, 3.8) is 0 Å². The van der Waals surface area contributed by atoms with Crippen LogP contribution in [0.4, 0.5) is 0 Å². The molecule has 12 heavy (non-hydrogen) atoms. The van der Waals surface area contributed by atoms with Crippen LogP contribution in [0.25, 0.3) is 0 Å². The van der Waals surface area contributed by atoms with Gasteiger partial charge in [0.25, 0.3) is 0 Å². The molecule has 64 valence electrons. The third-order valence-corrected chi connectivity index (χ3v) is 1.52. The molecule has 1 aromatic carbocycles. The molecule has 0 unspecified atom stereocenters. The summed E-state index contributed by atoms with van der Waals surface area (Å²) < 4.78 is 8.91. The molecule has 0 N–H and O–H groups in total. The van der Waals surface area contributed by atoms with E-state index in [4.69, 9.17) is 16.6 Å². The molecule has 0 saturated heterocycles. The van der Waals surface area contributed by atoms with E-state index in [1.807, 2.05) is 0 Å². The van der Waals surface area contributed by atoms with Gasteiger partial charge >= 0.3 is 5.97 Å². The summed E-state index contributed by atoms with van der Waals surface area (Å²) >= 11 is 4.89. The third kappa shape index (κ3) is 1.89. The van der Waals surface area contributed by atoms with Crippen molar-refractivity contribution in [1.82, 2.24) is 0 Å². The number of ether oxygens (including phenoxy) is 1. The fraction of sp³-hybridized carbons (Fsp3) is 0.125. The van der Waals surface area contributed by atoms with E-state index in [9.17, 15) is 4.79 Å². The lowest BCUT2D eigenvalue weighted by atomic mass is 10.2. The standard InChI is InChI=1S/C8H7ClO3/c1-11-7-4-2-3-6(5-7)8(10)12-9/h2-5H,1H3. The van der Waals surface area contributed by atoms with E-state index < -0.39 is 5.97 Å². The number of carbonyl (C=O) groups is 1. The fourth-order valence-corrected chi connectivity index (χ4v) is 0.884. The molecule has 0 aromatic heterocycles. The lowest BCUT2D eigenvalue weighted by Gasteiger charge is -2.00. The second-order valence-electron chi connectivity index (χ2n) is 2.10. The summed E-state index contributed by atoms with van der Waals surface area (Å²) in [4.78, 5) is 10.9. The van der Waals surface area contributed by atoms with Gasteiger partial charge in [-0.3, -0.25) is 0 Å². The predicted octanol–water partition coefficient (Wildman–Crippen LogP) is 2.01. The molecule has 4 heteroatoms. The van der Waals surface area contributed by atoms with Crippen LogP contribution in [0.1, 0.15) is 10.4 Å². The topological polar surface area (TPSA) is 35.5 Å². The van der Waals surface area contributed by atoms with E-state index in [1.165, 1.54) is 7.11 Å². The van der Waals surface area contributed by atoms with Gasteiger partial charge in [-0.1, -0.05) is 6.07 Å². The molecular formula is C8H7ClO3. The highest BCUT2D eigenvalue weighted by molar-refractivity contribution is 6.15. The van der Waals surface area contributed by atoms with Gasteiger partial charge < -0.3 is 9.03 Å². The molecule has 0 heterocycles. The van der Waals surface area contributed by atoms with E-state index in [0.717, 1.165) is 0 Å². The first kappa shape index (κ1) is 8.87. The maximum Gasteiger partial charge on any atom is 0.356 e. The summed E-state index contributed by atoms with van der Waals surface area (Å²) in [5, 5.41) is 0. The summed E-state index contributed by atoms with van der Waals surface area (Å²) in [6.45, 7) is 0. The van der Waals surface area contributed by atoms with Gasteiger partial charge in [-0.15, -0.1) is 0 Å². The van der Waals surface area contributed by atoms with E-state index in [2.05, 4.69) is 4.29 Å². The highest BCUT2D eigenvalue weighted by Crippen LogP contribution is 2.13. The zero-order chi connectivity index (χ0) is 8.97. The van der Waals surface area contributed by atoms with Gasteiger partial charge in [0.1, 0.15) is 17.6 Å². The Morgan fingerprint density at radius 3 is 2.83 bits per heavy atom. The van der Waals surface area contributed by atoms with E-state index in [-0.39, 0.29) is 0 Å². The average Bonchev–Trinajstić information content (AvgIpc) is 2.17. The van der Waals surface area contributed by atoms with Crippen molar-refractivity contribution in [2.24, 2.45) is 0 Å². The van der Waals surface area contributed by atoms with Gasteiger partial charge in [-0.25, -0.2) is 4.79 Å². The summed E-state index contributed by atoms with van der Waals surface area (Å²) in [7, 11) is 1.52. The van der Waals surface area contributed by atoms with E-state index in [0.29, 0.717) is 11.3 Å². The molecule has 0 radical (unpaired) electrons. The molecular weight excluding hydrogens is 180 g/mol. The molecule has 0 fully saturated rings. The van der Waals surface area contributed by atoms with Crippen molar-refractivity contribution in [1.29, 1.82) is 0 Å². The van der Waals surface area contributed by atoms with E-state index in [1.54, 1.807) is 24.3 Å². The monoisotopic (exact) mass is 186 g/mol. The molecule has 0 aliphatic heterocycles. The van der Waals surface area contributed by atoms with Crippen LogP contribution in [0.15, 0.2) is 24.3 Å². The van der Waals surface area contributed by atoms with Crippen molar-refractivity contribution in [2.45, 2.75) is 0 Å². The first-order valence-electron chi connectivity index (χ1n) is 3.25. The van der Waals surface area contributed by atoms with Gasteiger partial charge in [-0.05, 0) is 18.2 Å². The average molecular weight is 187 g/mol. The first-order chi connectivity index (χ1) is 5.77. The number of benzene rings is 1. The number of hydrogen-bond donors (Lipinski definition) is 0. The van der Waals surface area contributed by atoms with Crippen LogP contribution in [0.2, 0.25) is 0 Å². The molecule has 1 rings (SSSR count). The quantitative estimate of drug-likeness (QED) is 0.709. The first-order valence-corrected chi connectivity index (χ1v) is 3.55. The molecule has 0 bridgehead atoms. The minimum atomic E-state index is -0.587. The normalized spacial score (nSPS) is 9.17. The molecule has 3 nitrogen and oxygen atoms in total. The van der Waals surface area contributed by atoms with Crippen LogP contribution >= 0.6 is 11.9 Å². The zero-order valence-corrected chi connectivity index (χ0v) is 7.17. The zero-order valence-electron chi connectivity index (χ0n) is 6.41. The SMILES string of the molecule is COc1cccc(C(=O)OCl)c1. The van der Waals surface area contributed by atoms with Crippen molar-refractivity contribution in [3.05, 3.63) is 29.8 Å². The highest BCUT2D eigenvalue weighted by atomic mass is 35.5. The van der Waals surface area contributed by atoms with Crippen LogP contribution in [-0.2, 0) is 4.29 Å². The van der Waals surface area contributed by atoms with Crippen LogP contribution in [-0.4, -0.2) is 13.1 Å². The van der Waals surface area contributed by atoms with Crippen molar-refractivity contribution >= 4 is 17.8 Å². The number of carbonyl (C=O) groups excluding carboxylic acids is 1. The molecule has 0 atom stereocenters. The number of halogens is 1. The molecule has 1 aromatic rings. The van der Waals surface area contributed by atoms with Crippen molar-refractivity contribution in [2.75, 3.05) is 7.11 Å². The largest absolute Gasteiger partial charge is 0.497 e. The lowest BCUT2D eigenvalue weighted by Crippen LogP contribution is -1.97. The Kier molecular flexibility index (Phi) is 2.94. The molecule has 0 amide bonds. The highest BCUT2D eigenvalue weighted by Gasteiger charge is 2.06. The summed E-state index contributed by atoms with van der Waals surface area (Å²) in [5.41, 5.74) is 0.365. The van der Waals surface area contributed by atoms with Gasteiger partial charge in [0, 0.05) is 0 Å². The maximum atomic E-state index is 10.9. The lowest BCUT2D eigenvalue weighted by molar-refractivity contribution is 0.0751. The number of rotatable bonds is 2. The van der Waals surface area contributed by atoms with Gasteiger partial charge in [-0.2, -0.15) is 0 Å². The molecule has 0 saturated carbocycles. The Labute approximate surface area is 75.0 Å². The minimum Gasteiger partial charge on any atom is -0.497 e. The Morgan fingerprint density at radius 1 is 1.50 bits per heavy atom. The summed E-state index contributed by atoms with van der Waals surface area (Å²) in [6, 6.07) is 6.55.